The van der Waals surface area contributed by atoms with E-state index in [9.17, 15) is 14.7 Å². The molecule has 3 atom stereocenters. The molecule has 30 heavy (non-hydrogen) atoms. The summed E-state index contributed by atoms with van der Waals surface area (Å²) in [5.74, 6) is -2.54. The molecule has 0 aliphatic heterocycles. The summed E-state index contributed by atoms with van der Waals surface area (Å²) in [5, 5.41) is 13.1. The summed E-state index contributed by atoms with van der Waals surface area (Å²) in [6, 6.07) is 18.4. The highest BCUT2D eigenvalue weighted by molar-refractivity contribution is 5.84. The van der Waals surface area contributed by atoms with E-state index in [1.54, 1.807) is 0 Å². The third-order valence-electron chi connectivity index (χ3n) is 5.00. The molecule has 5 nitrogen and oxygen atoms in total. The van der Waals surface area contributed by atoms with Crippen LogP contribution in [0, 0.1) is 5.92 Å². The Labute approximate surface area is 178 Å². The first-order valence-corrected chi connectivity index (χ1v) is 10.4. The highest BCUT2D eigenvalue weighted by Crippen LogP contribution is 2.23. The monoisotopic (exact) mass is 409 g/mol. The lowest BCUT2D eigenvalue weighted by Gasteiger charge is -2.28. The molecule has 0 spiro atoms. The number of carbonyl (C=O) groups excluding carboxylic acids is 1. The Balaban J connectivity index is 2.33. The fraction of sp³-hybridized carbons (Fsp3) is 0.360. The minimum atomic E-state index is -1.05. The molecule has 0 radical (unpaired) electrons. The van der Waals surface area contributed by atoms with Gasteiger partial charge in [-0.1, -0.05) is 80.1 Å². The third-order valence-corrected chi connectivity index (χ3v) is 5.00. The van der Waals surface area contributed by atoms with Crippen LogP contribution >= 0.6 is 0 Å². The molecule has 1 unspecified atom stereocenters. The predicted molar refractivity (Wildman–Crippen MR) is 118 cm³/mol. The van der Waals surface area contributed by atoms with E-state index in [-0.39, 0.29) is 19.1 Å². The van der Waals surface area contributed by atoms with Crippen molar-refractivity contribution in [2.24, 2.45) is 5.92 Å². The fourth-order valence-electron chi connectivity index (χ4n) is 3.34. The van der Waals surface area contributed by atoms with Crippen LogP contribution in [-0.4, -0.2) is 29.7 Å². The van der Waals surface area contributed by atoms with Crippen LogP contribution in [0.5, 0.6) is 0 Å². The van der Waals surface area contributed by atoms with Gasteiger partial charge in [0.05, 0.1) is 12.5 Å². The summed E-state index contributed by atoms with van der Waals surface area (Å²) in [5.41, 5.74) is 2.07. The van der Waals surface area contributed by atoms with Crippen molar-refractivity contribution in [2.45, 2.75) is 44.7 Å². The van der Waals surface area contributed by atoms with Gasteiger partial charge in [-0.2, -0.15) is 0 Å². The van der Waals surface area contributed by atoms with Crippen LogP contribution < -0.4 is 5.32 Å². The molecule has 5 heteroatoms. The molecule has 0 bridgehead atoms. The fourth-order valence-corrected chi connectivity index (χ4v) is 3.34. The van der Waals surface area contributed by atoms with Crippen molar-refractivity contribution in [2.75, 3.05) is 6.61 Å². The molecule has 0 fully saturated rings. The predicted octanol–water partition coefficient (Wildman–Crippen LogP) is 4.55. The van der Waals surface area contributed by atoms with Gasteiger partial charge in [-0.15, -0.1) is 6.58 Å². The minimum absolute atomic E-state index is 0.169. The van der Waals surface area contributed by atoms with E-state index in [2.05, 4.69) is 11.9 Å². The van der Waals surface area contributed by atoms with Crippen LogP contribution in [0.1, 0.15) is 43.4 Å². The zero-order valence-corrected chi connectivity index (χ0v) is 17.5. The van der Waals surface area contributed by atoms with Gasteiger partial charge in [0.1, 0.15) is 6.04 Å². The van der Waals surface area contributed by atoms with E-state index in [4.69, 9.17) is 4.74 Å². The summed E-state index contributed by atoms with van der Waals surface area (Å²) in [6.45, 7) is 5.95. The Morgan fingerprint density at radius 1 is 1.10 bits per heavy atom. The molecule has 0 heterocycles. The van der Waals surface area contributed by atoms with Gasteiger partial charge in [-0.05, 0) is 30.4 Å². The number of hydrogen-bond donors (Lipinski definition) is 2. The average molecular weight is 410 g/mol. The first kappa shape index (κ1) is 23.4. The van der Waals surface area contributed by atoms with E-state index in [1.807, 2.05) is 67.6 Å². The zero-order valence-electron chi connectivity index (χ0n) is 17.5. The lowest BCUT2D eigenvalue weighted by atomic mass is 9.92. The molecule has 0 saturated heterocycles. The molecule has 2 aromatic carbocycles. The first-order chi connectivity index (χ1) is 14.6. The van der Waals surface area contributed by atoms with Crippen LogP contribution in [0.2, 0.25) is 0 Å². The molecule has 2 rings (SSSR count). The van der Waals surface area contributed by atoms with Crippen molar-refractivity contribution in [1.29, 1.82) is 0 Å². The number of esters is 1. The van der Waals surface area contributed by atoms with Crippen molar-refractivity contribution >= 4 is 11.9 Å². The van der Waals surface area contributed by atoms with E-state index in [1.165, 1.54) is 6.08 Å². The number of ether oxygens (including phenoxy) is 1. The lowest BCUT2D eigenvalue weighted by molar-refractivity contribution is -0.155. The number of carboxylic acids is 1. The van der Waals surface area contributed by atoms with Gasteiger partial charge in [-0.3, -0.25) is 14.9 Å². The maximum Gasteiger partial charge on any atom is 0.324 e. The van der Waals surface area contributed by atoms with Gasteiger partial charge in [0.2, 0.25) is 0 Å². The number of nitrogens with one attached hydrogen (secondary N) is 1. The Hall–Kier alpha value is -2.92. The number of carbonyl (C=O) groups is 2. The Morgan fingerprint density at radius 3 is 2.30 bits per heavy atom. The molecule has 0 aliphatic rings. The zero-order chi connectivity index (χ0) is 21.8. The van der Waals surface area contributed by atoms with Gasteiger partial charge in [0.25, 0.3) is 0 Å². The smallest absolute Gasteiger partial charge is 0.324 e. The van der Waals surface area contributed by atoms with Crippen molar-refractivity contribution in [1.82, 2.24) is 5.32 Å². The van der Waals surface area contributed by atoms with Crippen LogP contribution in [0.25, 0.3) is 0 Å². The van der Waals surface area contributed by atoms with E-state index in [0.717, 1.165) is 24.0 Å². The second-order valence-electron chi connectivity index (χ2n) is 7.29. The number of allylic oxidation sites excluding steroid dienone is 1. The molecular weight excluding hydrogens is 378 g/mol. The Morgan fingerprint density at radius 2 is 1.73 bits per heavy atom. The molecule has 2 aromatic rings. The Kier molecular flexibility index (Phi) is 9.81. The molecule has 0 aliphatic carbocycles. The molecule has 0 saturated carbocycles. The standard InChI is InChI=1S/C25H31NO4/c1-3-5-17-30-25(29)23(21(12-4-2)24(27)28)26-22(20-15-10-7-11-16-20)18-19-13-8-6-9-14-19/h4,6-11,13-16,21-23,26H,2-3,5,12,17-18H2,1H3,(H,27,28)/t21-,22?,23-/m0/s1. The maximum atomic E-state index is 12.9. The summed E-state index contributed by atoms with van der Waals surface area (Å²) >= 11 is 0. The van der Waals surface area contributed by atoms with Gasteiger partial charge >= 0.3 is 11.9 Å². The van der Waals surface area contributed by atoms with Crippen molar-refractivity contribution in [3.05, 3.63) is 84.4 Å². The van der Waals surface area contributed by atoms with Gasteiger partial charge in [0.15, 0.2) is 0 Å². The summed E-state index contributed by atoms with van der Waals surface area (Å²) in [6.07, 6.45) is 3.94. The van der Waals surface area contributed by atoms with Gasteiger partial charge in [-0.25, -0.2) is 0 Å². The van der Waals surface area contributed by atoms with Crippen LogP contribution in [0.3, 0.4) is 0 Å². The highest BCUT2D eigenvalue weighted by Gasteiger charge is 2.36. The number of benzene rings is 2. The number of hydrogen-bond acceptors (Lipinski definition) is 4. The quantitative estimate of drug-likeness (QED) is 0.288. The molecule has 0 aromatic heterocycles. The topological polar surface area (TPSA) is 75.6 Å². The van der Waals surface area contributed by atoms with E-state index in [0.29, 0.717) is 6.42 Å². The second-order valence-corrected chi connectivity index (χ2v) is 7.29. The largest absolute Gasteiger partial charge is 0.481 e. The Bertz CT molecular complexity index is 791. The van der Waals surface area contributed by atoms with Crippen LogP contribution in [0.15, 0.2) is 73.3 Å². The molecule has 0 amide bonds. The maximum absolute atomic E-state index is 12.9. The van der Waals surface area contributed by atoms with Crippen molar-refractivity contribution < 1.29 is 19.4 Å². The summed E-state index contributed by atoms with van der Waals surface area (Å²) < 4.78 is 5.41. The van der Waals surface area contributed by atoms with E-state index < -0.39 is 23.9 Å². The molecule has 160 valence electrons. The SMILES string of the molecule is C=CC[C@H](C(=O)O)[C@H](NC(Cc1ccccc1)c1ccccc1)C(=O)OCCCC. The highest BCUT2D eigenvalue weighted by atomic mass is 16.5. The van der Waals surface area contributed by atoms with Gasteiger partial charge in [0, 0.05) is 6.04 Å². The lowest BCUT2D eigenvalue weighted by Crippen LogP contribution is -2.48. The molecular formula is C25H31NO4. The second kappa shape index (κ2) is 12.6. The minimum Gasteiger partial charge on any atom is -0.481 e. The number of unbranched alkanes of at least 4 members (excludes halogenated alkanes) is 1. The van der Waals surface area contributed by atoms with Crippen molar-refractivity contribution in [3.63, 3.8) is 0 Å². The summed E-state index contributed by atoms with van der Waals surface area (Å²) in [7, 11) is 0. The molecule has 2 N–H and O–H groups in total. The summed E-state index contributed by atoms with van der Waals surface area (Å²) in [4.78, 5) is 24.8. The first-order valence-electron chi connectivity index (χ1n) is 10.4. The number of carboxylic acid groups (broad SMARTS) is 1. The van der Waals surface area contributed by atoms with Crippen LogP contribution in [0.4, 0.5) is 0 Å². The van der Waals surface area contributed by atoms with Gasteiger partial charge < -0.3 is 9.84 Å². The third kappa shape index (κ3) is 7.16. The van der Waals surface area contributed by atoms with Crippen LogP contribution in [-0.2, 0) is 20.7 Å². The normalized spacial score (nSPS) is 13.8. The number of aliphatic carboxylic acids is 1. The average Bonchev–Trinajstić information content (AvgIpc) is 2.76. The number of rotatable bonds is 13. The van der Waals surface area contributed by atoms with Crippen molar-refractivity contribution in [3.8, 4) is 0 Å². The van der Waals surface area contributed by atoms with E-state index >= 15 is 0 Å².